The molecule has 16 heavy (non-hydrogen) atoms. The first-order chi connectivity index (χ1) is 7.58. The summed E-state index contributed by atoms with van der Waals surface area (Å²) < 4.78 is 5.75. The number of hydrogen-bond donors (Lipinski definition) is 0. The van der Waals surface area contributed by atoms with E-state index in [9.17, 15) is 4.79 Å². The van der Waals surface area contributed by atoms with Gasteiger partial charge >= 0.3 is 0 Å². The van der Waals surface area contributed by atoms with Crippen molar-refractivity contribution in [2.45, 2.75) is 46.1 Å². The standard InChI is InChI=1S/C14H20O2/c1-5-11(4)13-8-12(9-15)6-7-14(13)16-10(2)3/h6-11H,5H2,1-4H3. The third-order valence-electron chi connectivity index (χ3n) is 2.68. The molecule has 0 radical (unpaired) electrons. The topological polar surface area (TPSA) is 26.3 Å². The Morgan fingerprint density at radius 2 is 2.00 bits per heavy atom. The predicted molar refractivity (Wildman–Crippen MR) is 66.3 cm³/mol. The van der Waals surface area contributed by atoms with E-state index < -0.39 is 0 Å². The molecule has 1 aromatic carbocycles. The highest BCUT2D eigenvalue weighted by Gasteiger charge is 2.12. The van der Waals surface area contributed by atoms with Gasteiger partial charge in [0.2, 0.25) is 0 Å². The van der Waals surface area contributed by atoms with Crippen LogP contribution in [-0.2, 0) is 0 Å². The molecule has 1 atom stereocenters. The first-order valence-corrected chi connectivity index (χ1v) is 5.84. The van der Waals surface area contributed by atoms with E-state index in [-0.39, 0.29) is 6.10 Å². The third kappa shape index (κ3) is 3.09. The van der Waals surface area contributed by atoms with Gasteiger partial charge in [-0.25, -0.2) is 0 Å². The summed E-state index contributed by atoms with van der Waals surface area (Å²) >= 11 is 0. The Labute approximate surface area is 97.6 Å². The van der Waals surface area contributed by atoms with E-state index in [1.54, 1.807) is 6.07 Å². The smallest absolute Gasteiger partial charge is 0.150 e. The van der Waals surface area contributed by atoms with E-state index in [1.165, 1.54) is 0 Å². The van der Waals surface area contributed by atoms with Crippen molar-refractivity contribution in [3.05, 3.63) is 29.3 Å². The molecule has 0 aromatic heterocycles. The van der Waals surface area contributed by atoms with Gasteiger partial charge in [0.15, 0.2) is 0 Å². The minimum Gasteiger partial charge on any atom is -0.491 e. The summed E-state index contributed by atoms with van der Waals surface area (Å²) in [6.45, 7) is 8.30. The van der Waals surface area contributed by atoms with E-state index in [0.29, 0.717) is 11.5 Å². The Bertz CT molecular complexity index is 356. The quantitative estimate of drug-likeness (QED) is 0.705. The maximum absolute atomic E-state index is 10.8. The van der Waals surface area contributed by atoms with Crippen molar-refractivity contribution in [3.8, 4) is 5.75 Å². The molecule has 0 N–H and O–H groups in total. The first kappa shape index (κ1) is 12.8. The predicted octanol–water partition coefficient (Wildman–Crippen LogP) is 3.80. The van der Waals surface area contributed by atoms with E-state index >= 15 is 0 Å². The van der Waals surface area contributed by atoms with Crippen LogP contribution in [0.3, 0.4) is 0 Å². The highest BCUT2D eigenvalue weighted by atomic mass is 16.5. The van der Waals surface area contributed by atoms with Crippen LogP contribution in [0.1, 0.15) is 56.0 Å². The molecule has 0 saturated carbocycles. The van der Waals surface area contributed by atoms with Gasteiger partial charge in [0.05, 0.1) is 6.10 Å². The molecule has 88 valence electrons. The van der Waals surface area contributed by atoms with Crippen molar-refractivity contribution >= 4 is 6.29 Å². The average molecular weight is 220 g/mol. The Morgan fingerprint density at radius 3 is 2.50 bits per heavy atom. The molecular weight excluding hydrogens is 200 g/mol. The maximum atomic E-state index is 10.8. The monoisotopic (exact) mass is 220 g/mol. The fourth-order valence-electron chi connectivity index (χ4n) is 1.61. The molecule has 0 saturated heterocycles. The minimum atomic E-state index is 0.157. The van der Waals surface area contributed by atoms with Gasteiger partial charge in [-0.3, -0.25) is 4.79 Å². The lowest BCUT2D eigenvalue weighted by molar-refractivity contribution is 0.112. The summed E-state index contributed by atoms with van der Waals surface area (Å²) in [5.74, 6) is 1.31. The Balaban J connectivity index is 3.10. The number of aldehydes is 1. The van der Waals surface area contributed by atoms with Crippen LogP contribution >= 0.6 is 0 Å². The molecule has 0 aliphatic heterocycles. The van der Waals surface area contributed by atoms with Crippen molar-refractivity contribution in [2.24, 2.45) is 0 Å². The Morgan fingerprint density at radius 1 is 1.31 bits per heavy atom. The molecule has 2 heteroatoms. The highest BCUT2D eigenvalue weighted by Crippen LogP contribution is 2.30. The molecule has 0 bridgehead atoms. The van der Waals surface area contributed by atoms with Gasteiger partial charge in [0.1, 0.15) is 12.0 Å². The van der Waals surface area contributed by atoms with E-state index in [4.69, 9.17) is 4.74 Å². The molecule has 1 aromatic rings. The Hall–Kier alpha value is -1.31. The summed E-state index contributed by atoms with van der Waals surface area (Å²) in [7, 11) is 0. The van der Waals surface area contributed by atoms with Gasteiger partial charge in [-0.2, -0.15) is 0 Å². The SMILES string of the molecule is CCC(C)c1cc(C=O)ccc1OC(C)C. The molecule has 0 aliphatic rings. The normalized spacial score (nSPS) is 12.6. The van der Waals surface area contributed by atoms with Crippen LogP contribution in [0.25, 0.3) is 0 Å². The van der Waals surface area contributed by atoms with Crippen molar-refractivity contribution in [3.63, 3.8) is 0 Å². The van der Waals surface area contributed by atoms with E-state index in [1.807, 2.05) is 26.0 Å². The molecular formula is C14H20O2. The fourth-order valence-corrected chi connectivity index (χ4v) is 1.61. The summed E-state index contributed by atoms with van der Waals surface area (Å²) in [5.41, 5.74) is 1.84. The highest BCUT2D eigenvalue weighted by molar-refractivity contribution is 5.75. The minimum absolute atomic E-state index is 0.157. The molecule has 0 spiro atoms. The summed E-state index contributed by atoms with van der Waals surface area (Å²) in [6, 6.07) is 5.63. The lowest BCUT2D eigenvalue weighted by Crippen LogP contribution is -2.08. The van der Waals surface area contributed by atoms with E-state index in [0.717, 1.165) is 24.0 Å². The van der Waals surface area contributed by atoms with Crippen molar-refractivity contribution in [1.82, 2.24) is 0 Å². The van der Waals surface area contributed by atoms with Gasteiger partial charge in [-0.05, 0) is 49.9 Å². The van der Waals surface area contributed by atoms with Crippen LogP contribution in [0.15, 0.2) is 18.2 Å². The first-order valence-electron chi connectivity index (χ1n) is 5.84. The second kappa shape index (κ2) is 5.69. The number of rotatable bonds is 5. The average Bonchev–Trinajstić information content (AvgIpc) is 2.28. The number of carbonyl (C=O) groups excluding carboxylic acids is 1. The van der Waals surface area contributed by atoms with Crippen molar-refractivity contribution < 1.29 is 9.53 Å². The number of hydrogen-bond acceptors (Lipinski definition) is 2. The summed E-state index contributed by atoms with van der Waals surface area (Å²) in [6.07, 6.45) is 2.08. The molecule has 1 unspecified atom stereocenters. The maximum Gasteiger partial charge on any atom is 0.150 e. The van der Waals surface area contributed by atoms with Gasteiger partial charge in [-0.1, -0.05) is 13.8 Å². The molecule has 2 nitrogen and oxygen atoms in total. The zero-order chi connectivity index (χ0) is 12.1. The number of carbonyl (C=O) groups is 1. The number of ether oxygens (including phenoxy) is 1. The fraction of sp³-hybridized carbons (Fsp3) is 0.500. The van der Waals surface area contributed by atoms with Crippen LogP contribution in [0.2, 0.25) is 0 Å². The zero-order valence-electron chi connectivity index (χ0n) is 10.5. The molecule has 0 heterocycles. The van der Waals surface area contributed by atoms with Gasteiger partial charge in [0, 0.05) is 5.56 Å². The van der Waals surface area contributed by atoms with Crippen LogP contribution in [-0.4, -0.2) is 12.4 Å². The molecule has 0 aliphatic carbocycles. The van der Waals surface area contributed by atoms with Crippen LogP contribution in [0.4, 0.5) is 0 Å². The number of benzene rings is 1. The second-order valence-electron chi connectivity index (χ2n) is 4.39. The van der Waals surface area contributed by atoms with Gasteiger partial charge < -0.3 is 4.74 Å². The molecule has 0 amide bonds. The van der Waals surface area contributed by atoms with Crippen LogP contribution in [0.5, 0.6) is 5.75 Å². The molecule has 0 fully saturated rings. The second-order valence-corrected chi connectivity index (χ2v) is 4.39. The zero-order valence-corrected chi connectivity index (χ0v) is 10.5. The largest absolute Gasteiger partial charge is 0.491 e. The summed E-state index contributed by atoms with van der Waals surface area (Å²) in [5, 5.41) is 0. The van der Waals surface area contributed by atoms with Crippen LogP contribution < -0.4 is 4.74 Å². The van der Waals surface area contributed by atoms with E-state index in [2.05, 4.69) is 13.8 Å². The lowest BCUT2D eigenvalue weighted by Gasteiger charge is -2.18. The lowest BCUT2D eigenvalue weighted by atomic mass is 9.96. The van der Waals surface area contributed by atoms with Gasteiger partial charge in [0.25, 0.3) is 0 Å². The van der Waals surface area contributed by atoms with Gasteiger partial charge in [-0.15, -0.1) is 0 Å². The molecule has 1 rings (SSSR count). The van der Waals surface area contributed by atoms with Crippen molar-refractivity contribution in [1.29, 1.82) is 0 Å². The summed E-state index contributed by atoms with van der Waals surface area (Å²) in [4.78, 5) is 10.8. The van der Waals surface area contributed by atoms with Crippen LogP contribution in [0, 0.1) is 0 Å². The Kier molecular flexibility index (Phi) is 4.53. The third-order valence-corrected chi connectivity index (χ3v) is 2.68. The van der Waals surface area contributed by atoms with Crippen molar-refractivity contribution in [2.75, 3.05) is 0 Å².